The average Bonchev–Trinajstić information content (AvgIpc) is 3.11. The van der Waals surface area contributed by atoms with Crippen molar-refractivity contribution in [2.45, 2.75) is 38.7 Å². The van der Waals surface area contributed by atoms with E-state index < -0.39 is 0 Å². The van der Waals surface area contributed by atoms with Gasteiger partial charge < -0.3 is 15.0 Å². The second kappa shape index (κ2) is 6.26. The number of fused-ring (bicyclic) bond motifs is 1. The lowest BCUT2D eigenvalue weighted by Gasteiger charge is -2.06. The number of ether oxygens (including phenoxy) is 1. The summed E-state index contributed by atoms with van der Waals surface area (Å²) in [6, 6.07) is 8.04. The maximum Gasteiger partial charge on any atom is 0.226 e. The van der Waals surface area contributed by atoms with Gasteiger partial charge in [-0.1, -0.05) is 30.3 Å². The number of rotatable bonds is 6. The van der Waals surface area contributed by atoms with E-state index in [1.54, 1.807) is 0 Å². The first-order valence-corrected chi connectivity index (χ1v) is 7.53. The molecule has 0 radical (unpaired) electrons. The summed E-state index contributed by atoms with van der Waals surface area (Å²) in [7, 11) is 0. The normalized spacial score (nSPS) is 18.3. The highest BCUT2D eigenvalue weighted by Crippen LogP contribution is 2.35. The van der Waals surface area contributed by atoms with Crippen molar-refractivity contribution in [2.75, 3.05) is 6.54 Å². The molecule has 1 aromatic heterocycles. The predicted molar refractivity (Wildman–Crippen MR) is 79.0 cm³/mol. The van der Waals surface area contributed by atoms with Gasteiger partial charge in [-0.2, -0.15) is 4.98 Å². The monoisotopic (exact) mass is 287 g/mol. The Bertz CT molecular complexity index is 572. The molecule has 0 saturated heterocycles. The van der Waals surface area contributed by atoms with Gasteiger partial charge in [0, 0.05) is 12.8 Å². The van der Waals surface area contributed by atoms with Crippen molar-refractivity contribution in [3.63, 3.8) is 0 Å². The molecule has 2 aromatic rings. The molecule has 1 aliphatic heterocycles. The zero-order valence-electron chi connectivity index (χ0n) is 12.3. The fourth-order valence-electron chi connectivity index (χ4n) is 2.63. The van der Waals surface area contributed by atoms with Gasteiger partial charge in [0.2, 0.25) is 11.7 Å². The molecule has 2 unspecified atom stereocenters. The van der Waals surface area contributed by atoms with Crippen LogP contribution in [0, 0.1) is 5.92 Å². The Morgan fingerprint density at radius 1 is 1.33 bits per heavy atom. The summed E-state index contributed by atoms with van der Waals surface area (Å²) < 4.78 is 11.2. The molecule has 3 rings (SSSR count). The molecule has 5 nitrogen and oxygen atoms in total. The molecule has 2 heterocycles. The van der Waals surface area contributed by atoms with Crippen LogP contribution in [0.25, 0.3) is 0 Å². The third-order valence-corrected chi connectivity index (χ3v) is 3.93. The second-order valence-electron chi connectivity index (χ2n) is 5.69. The van der Waals surface area contributed by atoms with E-state index in [4.69, 9.17) is 15.0 Å². The van der Waals surface area contributed by atoms with E-state index in [9.17, 15) is 0 Å². The number of benzene rings is 1. The van der Waals surface area contributed by atoms with Crippen LogP contribution >= 0.6 is 0 Å². The van der Waals surface area contributed by atoms with Crippen molar-refractivity contribution >= 4 is 0 Å². The van der Waals surface area contributed by atoms with Crippen LogP contribution in [0.1, 0.15) is 43.1 Å². The molecule has 112 valence electrons. The third kappa shape index (κ3) is 3.24. The minimum Gasteiger partial charge on any atom is -0.482 e. The number of aryl methyl sites for hydroxylation is 1. The molecule has 2 atom stereocenters. The number of para-hydroxylation sites is 1. The highest BCUT2D eigenvalue weighted by atomic mass is 16.5. The van der Waals surface area contributed by atoms with E-state index >= 15 is 0 Å². The molecule has 0 amide bonds. The van der Waals surface area contributed by atoms with Crippen LogP contribution in [0.2, 0.25) is 0 Å². The molecule has 0 saturated carbocycles. The highest BCUT2D eigenvalue weighted by Gasteiger charge is 2.28. The first-order chi connectivity index (χ1) is 10.3. The molecule has 0 aliphatic carbocycles. The van der Waals surface area contributed by atoms with Crippen LogP contribution in [-0.4, -0.2) is 16.7 Å². The lowest BCUT2D eigenvalue weighted by Crippen LogP contribution is -2.07. The van der Waals surface area contributed by atoms with Gasteiger partial charge in [0.25, 0.3) is 0 Å². The summed E-state index contributed by atoms with van der Waals surface area (Å²) in [6.45, 7) is 2.92. The molecule has 21 heavy (non-hydrogen) atoms. The molecular weight excluding hydrogens is 266 g/mol. The molecule has 1 aromatic carbocycles. The Labute approximate surface area is 124 Å². The number of nitrogens with two attached hydrogens (primary N) is 1. The van der Waals surface area contributed by atoms with Crippen LogP contribution in [0.3, 0.4) is 0 Å². The molecule has 2 N–H and O–H groups in total. The van der Waals surface area contributed by atoms with Crippen LogP contribution in [0.5, 0.6) is 5.75 Å². The standard InChI is InChI=1S/C16H21N3O2/c1-11(8-9-17)6-7-15-18-16(19-21-15)14-10-12-4-2-3-5-13(12)20-14/h2-5,11,14H,6-10,17H2,1H3. The zero-order valence-corrected chi connectivity index (χ0v) is 12.3. The number of nitrogens with zero attached hydrogens (tertiary/aromatic N) is 2. The molecular formula is C16H21N3O2. The van der Waals surface area contributed by atoms with Crippen LogP contribution in [0.4, 0.5) is 0 Å². The smallest absolute Gasteiger partial charge is 0.226 e. The quantitative estimate of drug-likeness (QED) is 0.884. The van der Waals surface area contributed by atoms with Gasteiger partial charge in [-0.3, -0.25) is 0 Å². The molecule has 0 spiro atoms. The van der Waals surface area contributed by atoms with Gasteiger partial charge in [0.05, 0.1) is 0 Å². The Morgan fingerprint density at radius 3 is 3.00 bits per heavy atom. The Kier molecular flexibility index (Phi) is 4.20. The number of hydrogen-bond donors (Lipinski definition) is 1. The summed E-state index contributed by atoms with van der Waals surface area (Å²) in [5, 5.41) is 4.07. The van der Waals surface area contributed by atoms with Crippen LogP contribution < -0.4 is 10.5 Å². The summed E-state index contributed by atoms with van der Waals surface area (Å²) in [5.74, 6) is 2.84. The number of aromatic nitrogens is 2. The Morgan fingerprint density at radius 2 is 2.19 bits per heavy atom. The average molecular weight is 287 g/mol. The van der Waals surface area contributed by atoms with Crippen LogP contribution in [-0.2, 0) is 12.8 Å². The SMILES string of the molecule is CC(CCN)CCc1nc(C2Cc3ccccc3O2)no1. The minimum atomic E-state index is -0.124. The van der Waals surface area contributed by atoms with Crippen LogP contribution in [0.15, 0.2) is 28.8 Å². The Balaban J connectivity index is 1.59. The van der Waals surface area contributed by atoms with E-state index in [1.165, 1.54) is 5.56 Å². The summed E-state index contributed by atoms with van der Waals surface area (Å²) >= 11 is 0. The van der Waals surface area contributed by atoms with Crippen molar-refractivity contribution in [3.8, 4) is 5.75 Å². The van der Waals surface area contributed by atoms with Crippen molar-refractivity contribution in [2.24, 2.45) is 11.7 Å². The fraction of sp³-hybridized carbons (Fsp3) is 0.500. The van der Waals surface area contributed by atoms with Gasteiger partial charge in [-0.05, 0) is 36.9 Å². The molecule has 0 bridgehead atoms. The lowest BCUT2D eigenvalue weighted by molar-refractivity contribution is 0.221. The molecule has 1 aliphatic rings. The van der Waals surface area contributed by atoms with E-state index in [2.05, 4.69) is 23.1 Å². The maximum atomic E-state index is 5.87. The second-order valence-corrected chi connectivity index (χ2v) is 5.69. The van der Waals surface area contributed by atoms with E-state index in [1.807, 2.05) is 18.2 Å². The zero-order chi connectivity index (χ0) is 14.7. The van der Waals surface area contributed by atoms with Gasteiger partial charge in [-0.25, -0.2) is 0 Å². The highest BCUT2D eigenvalue weighted by molar-refractivity contribution is 5.37. The topological polar surface area (TPSA) is 74.2 Å². The van der Waals surface area contributed by atoms with Crippen molar-refractivity contribution in [1.29, 1.82) is 0 Å². The first-order valence-electron chi connectivity index (χ1n) is 7.53. The third-order valence-electron chi connectivity index (χ3n) is 3.93. The summed E-state index contributed by atoms with van der Waals surface area (Å²) in [4.78, 5) is 4.47. The van der Waals surface area contributed by atoms with Gasteiger partial charge in [0.1, 0.15) is 5.75 Å². The maximum absolute atomic E-state index is 5.87. The van der Waals surface area contributed by atoms with E-state index in [-0.39, 0.29) is 6.10 Å². The van der Waals surface area contributed by atoms with E-state index in [0.29, 0.717) is 17.6 Å². The van der Waals surface area contributed by atoms with Gasteiger partial charge >= 0.3 is 0 Å². The van der Waals surface area contributed by atoms with Crippen molar-refractivity contribution in [3.05, 3.63) is 41.5 Å². The number of hydrogen-bond acceptors (Lipinski definition) is 5. The largest absolute Gasteiger partial charge is 0.482 e. The van der Waals surface area contributed by atoms with Crippen molar-refractivity contribution in [1.82, 2.24) is 10.1 Å². The van der Waals surface area contributed by atoms with E-state index in [0.717, 1.165) is 38.0 Å². The summed E-state index contributed by atoms with van der Waals surface area (Å²) in [6.07, 6.45) is 3.53. The summed E-state index contributed by atoms with van der Waals surface area (Å²) in [5.41, 5.74) is 6.76. The fourth-order valence-corrected chi connectivity index (χ4v) is 2.63. The lowest BCUT2D eigenvalue weighted by atomic mass is 10.0. The Hall–Kier alpha value is -1.88. The minimum absolute atomic E-state index is 0.124. The van der Waals surface area contributed by atoms with Gasteiger partial charge in [0.15, 0.2) is 6.10 Å². The first kappa shape index (κ1) is 14.1. The van der Waals surface area contributed by atoms with Crippen molar-refractivity contribution < 1.29 is 9.26 Å². The predicted octanol–water partition coefficient (Wildman–Crippen LogP) is 2.66. The molecule has 5 heteroatoms. The van der Waals surface area contributed by atoms with Gasteiger partial charge in [-0.15, -0.1) is 0 Å². The molecule has 0 fully saturated rings.